The minimum absolute atomic E-state index is 0.0713. The number of allylic oxidation sites excluding steroid dienone is 6. The molecule has 3 aromatic rings. The second-order valence-electron chi connectivity index (χ2n) is 11.3. The van der Waals surface area contributed by atoms with Crippen LogP contribution in [0, 0.1) is 0 Å². The summed E-state index contributed by atoms with van der Waals surface area (Å²) in [5.74, 6) is 0.902. The molecule has 0 atom stereocenters. The van der Waals surface area contributed by atoms with Gasteiger partial charge < -0.3 is 0 Å². The van der Waals surface area contributed by atoms with Crippen LogP contribution in [0.4, 0.5) is 0 Å². The Kier molecular flexibility index (Phi) is 6.56. The van der Waals surface area contributed by atoms with Crippen LogP contribution in [0.1, 0.15) is 20.8 Å². The molecule has 37 heavy (non-hydrogen) atoms. The second-order valence-corrected chi connectivity index (χ2v) is 19.8. The van der Waals surface area contributed by atoms with Crippen molar-refractivity contribution in [2.24, 2.45) is 0 Å². The molecule has 0 saturated heterocycles. The quantitative estimate of drug-likeness (QED) is 0.259. The van der Waals surface area contributed by atoms with E-state index in [9.17, 15) is 4.79 Å². The summed E-state index contributed by atoms with van der Waals surface area (Å²) in [6.45, 7) is 11.2. The number of rotatable bonds is 6. The van der Waals surface area contributed by atoms with E-state index in [1.165, 1.54) is 15.9 Å². The van der Waals surface area contributed by atoms with Crippen LogP contribution in [0.5, 0.6) is 0 Å². The first-order valence-electron chi connectivity index (χ1n) is 12.9. The van der Waals surface area contributed by atoms with Crippen molar-refractivity contribution in [2.75, 3.05) is 0 Å². The van der Waals surface area contributed by atoms with Gasteiger partial charge in [-0.1, -0.05) is 0 Å². The van der Waals surface area contributed by atoms with E-state index in [1.54, 1.807) is 0 Å². The number of benzene rings is 3. The maximum atomic E-state index is 14.2. The number of ketones is 1. The molecule has 188 valence electrons. The minimum atomic E-state index is -2.87. The van der Waals surface area contributed by atoms with E-state index in [0.29, 0.717) is 0 Å². The summed E-state index contributed by atoms with van der Waals surface area (Å²) in [7, 11) is -4.92. The van der Waals surface area contributed by atoms with E-state index in [2.05, 4.69) is 119 Å². The van der Waals surface area contributed by atoms with E-state index in [4.69, 9.17) is 4.43 Å². The first-order valence-corrected chi connectivity index (χ1v) is 17.8. The average Bonchev–Trinajstić information content (AvgIpc) is 3.26. The molecular formula is C33H35O2PSi. The zero-order chi connectivity index (χ0) is 26.3. The van der Waals surface area contributed by atoms with E-state index < -0.39 is 15.6 Å². The van der Waals surface area contributed by atoms with Crippen LogP contribution >= 0.6 is 7.26 Å². The van der Waals surface area contributed by atoms with Crippen LogP contribution in [-0.2, 0) is 9.22 Å². The number of carbonyl (C=O) groups is 1. The fraction of sp³-hybridized carbons (Fsp3) is 0.182. The Bertz CT molecular complexity index is 1340. The Hall–Kier alpha value is -3.26. The topological polar surface area (TPSA) is 26.3 Å². The number of hydrogen-bond donors (Lipinski definition) is 0. The molecule has 0 unspecified atom stereocenters. The first kappa shape index (κ1) is 25.4. The summed E-state index contributed by atoms with van der Waals surface area (Å²) in [6.07, 6.45) is 8.13. The molecule has 2 aliphatic rings. The molecule has 4 heteroatoms. The molecule has 5 rings (SSSR count). The van der Waals surface area contributed by atoms with Crippen molar-refractivity contribution >= 4 is 37.3 Å². The second kappa shape index (κ2) is 9.56. The Labute approximate surface area is 222 Å². The van der Waals surface area contributed by atoms with Crippen molar-refractivity contribution in [1.29, 1.82) is 0 Å². The molecule has 0 heterocycles. The van der Waals surface area contributed by atoms with Crippen LogP contribution in [0.3, 0.4) is 0 Å². The summed E-state index contributed by atoms with van der Waals surface area (Å²) < 4.78 is 6.67. The third-order valence-electron chi connectivity index (χ3n) is 8.03. The van der Waals surface area contributed by atoms with Crippen LogP contribution in [0.2, 0.25) is 18.1 Å². The third kappa shape index (κ3) is 4.41. The molecule has 0 spiro atoms. The zero-order valence-corrected chi connectivity index (χ0v) is 24.3. The van der Waals surface area contributed by atoms with E-state index >= 15 is 0 Å². The summed E-state index contributed by atoms with van der Waals surface area (Å²) >= 11 is 0. The fourth-order valence-electron chi connectivity index (χ4n) is 5.04. The average molecular weight is 523 g/mol. The Morgan fingerprint density at radius 2 is 1.14 bits per heavy atom. The van der Waals surface area contributed by atoms with Gasteiger partial charge in [-0.25, -0.2) is 0 Å². The molecule has 0 fully saturated rings. The van der Waals surface area contributed by atoms with Crippen LogP contribution in [-0.4, -0.2) is 14.1 Å². The van der Waals surface area contributed by atoms with Gasteiger partial charge in [0.15, 0.2) is 0 Å². The van der Waals surface area contributed by atoms with Gasteiger partial charge in [0.1, 0.15) is 0 Å². The van der Waals surface area contributed by atoms with E-state index in [-0.39, 0.29) is 10.8 Å². The zero-order valence-electron chi connectivity index (χ0n) is 22.3. The van der Waals surface area contributed by atoms with Crippen molar-refractivity contribution in [3.05, 3.63) is 138 Å². The van der Waals surface area contributed by atoms with Crippen molar-refractivity contribution in [3.63, 3.8) is 0 Å². The molecule has 0 amide bonds. The fourth-order valence-corrected chi connectivity index (χ4v) is 10.9. The van der Waals surface area contributed by atoms with Gasteiger partial charge in [0.25, 0.3) is 0 Å². The first-order chi connectivity index (χ1) is 17.6. The van der Waals surface area contributed by atoms with Crippen LogP contribution in [0.15, 0.2) is 138 Å². The Morgan fingerprint density at radius 3 is 1.57 bits per heavy atom. The van der Waals surface area contributed by atoms with Crippen molar-refractivity contribution < 1.29 is 9.22 Å². The molecular weight excluding hydrogens is 487 g/mol. The normalized spacial score (nSPS) is 16.3. The molecule has 3 aromatic carbocycles. The van der Waals surface area contributed by atoms with Gasteiger partial charge in [-0.2, -0.15) is 0 Å². The van der Waals surface area contributed by atoms with Crippen molar-refractivity contribution in [1.82, 2.24) is 0 Å². The molecule has 0 bridgehead atoms. The van der Waals surface area contributed by atoms with Gasteiger partial charge in [-0.3, -0.25) is 0 Å². The number of fused-ring (bicyclic) bond motifs is 1. The van der Waals surface area contributed by atoms with Crippen molar-refractivity contribution in [2.45, 2.75) is 38.9 Å². The molecule has 0 aliphatic heterocycles. The summed E-state index contributed by atoms with van der Waals surface area (Å²) in [4.78, 5) is 14.2. The Morgan fingerprint density at radius 1 is 0.676 bits per heavy atom. The van der Waals surface area contributed by atoms with Gasteiger partial charge in [0.05, 0.1) is 0 Å². The summed E-state index contributed by atoms with van der Waals surface area (Å²) in [5.41, 5.74) is 1.97. The van der Waals surface area contributed by atoms with Gasteiger partial charge >= 0.3 is 223 Å². The van der Waals surface area contributed by atoms with Crippen LogP contribution < -0.4 is 15.9 Å². The SMILES string of the molecule is CC(C)(C)[Si](C)(C)OC1=CC=C2C=C([PH](c3ccccc3)(c3ccccc3)c3ccccc3)C(=O)C=C21. The molecule has 2 nitrogen and oxygen atoms in total. The molecule has 2 aliphatic carbocycles. The molecule has 0 saturated carbocycles. The van der Waals surface area contributed by atoms with E-state index in [0.717, 1.165) is 22.2 Å². The monoisotopic (exact) mass is 522 g/mol. The summed E-state index contributed by atoms with van der Waals surface area (Å²) in [5, 5.41) is 4.56. The van der Waals surface area contributed by atoms with Gasteiger partial charge in [0, 0.05) is 0 Å². The predicted octanol–water partition coefficient (Wildman–Crippen LogP) is 6.95. The summed E-state index contributed by atoms with van der Waals surface area (Å²) in [6, 6.07) is 31.8. The van der Waals surface area contributed by atoms with Gasteiger partial charge in [0.2, 0.25) is 0 Å². The number of carbonyl (C=O) groups excluding carboxylic acids is 1. The predicted molar refractivity (Wildman–Crippen MR) is 162 cm³/mol. The Balaban J connectivity index is 1.67. The molecule has 0 radical (unpaired) electrons. The van der Waals surface area contributed by atoms with Crippen LogP contribution in [0.25, 0.3) is 0 Å². The molecule has 0 N–H and O–H groups in total. The third-order valence-corrected chi connectivity index (χ3v) is 17.2. The standard InChI is InChI=1S/C33H35O2PSi/c1-33(2,3)37(4,5)35-31-22-21-25-23-32(30(34)24-29(25)31)36(26-15-9-6-10-16-26,27-17-11-7-12-18-27)28-19-13-8-14-20-28/h6-24,36H,1-5H3. The van der Waals surface area contributed by atoms with E-state index in [1.807, 2.05) is 30.4 Å². The van der Waals surface area contributed by atoms with Gasteiger partial charge in [-0.15, -0.1) is 0 Å². The van der Waals surface area contributed by atoms with Crippen molar-refractivity contribution in [3.8, 4) is 0 Å². The van der Waals surface area contributed by atoms with Gasteiger partial charge in [-0.05, 0) is 0 Å². The maximum absolute atomic E-state index is 14.2. The number of hydrogen-bond acceptors (Lipinski definition) is 2. The molecule has 0 aromatic heterocycles.